The van der Waals surface area contributed by atoms with E-state index < -0.39 is 5.69 Å². The fourth-order valence-electron chi connectivity index (χ4n) is 1.16. The molecule has 0 amide bonds. The van der Waals surface area contributed by atoms with Crippen molar-refractivity contribution < 1.29 is 0 Å². The van der Waals surface area contributed by atoms with E-state index in [-0.39, 0.29) is 10.3 Å². The van der Waals surface area contributed by atoms with E-state index in [0.717, 1.165) is 12.2 Å². The normalized spacial score (nSPS) is 11.7. The van der Waals surface area contributed by atoms with E-state index >= 15 is 0 Å². The van der Waals surface area contributed by atoms with Gasteiger partial charge in [0.25, 0.3) is 5.56 Å². The zero-order valence-corrected chi connectivity index (χ0v) is 12.0. The van der Waals surface area contributed by atoms with Gasteiger partial charge in [0.05, 0.1) is 0 Å². The van der Waals surface area contributed by atoms with Crippen LogP contribution in [0.2, 0.25) is 0 Å². The van der Waals surface area contributed by atoms with Crippen LogP contribution in [0.3, 0.4) is 0 Å². The van der Waals surface area contributed by atoms with E-state index in [1.54, 1.807) is 0 Å². The maximum absolute atomic E-state index is 11.4. The molecular formula is C11H18N2O2S2. The first-order valence-corrected chi connectivity index (χ1v) is 7.82. The molecule has 2 N–H and O–H groups in total. The van der Waals surface area contributed by atoms with Crippen LogP contribution in [0.1, 0.15) is 32.8 Å². The summed E-state index contributed by atoms with van der Waals surface area (Å²) in [6.07, 6.45) is 3.13. The maximum Gasteiger partial charge on any atom is 0.325 e. The quantitative estimate of drug-likeness (QED) is 0.638. The van der Waals surface area contributed by atoms with Gasteiger partial charge in [-0.2, -0.15) is 0 Å². The van der Waals surface area contributed by atoms with Gasteiger partial charge >= 0.3 is 5.69 Å². The third kappa shape index (κ3) is 6.02. The second-order valence-corrected chi connectivity index (χ2v) is 7.96. The lowest BCUT2D eigenvalue weighted by Crippen LogP contribution is -2.24. The van der Waals surface area contributed by atoms with Crippen LogP contribution in [0.25, 0.3) is 0 Å². The molecule has 1 aromatic heterocycles. The molecular weight excluding hydrogens is 256 g/mol. The van der Waals surface area contributed by atoms with Gasteiger partial charge in [0.2, 0.25) is 0 Å². The second kappa shape index (κ2) is 6.35. The zero-order chi connectivity index (χ0) is 12.9. The van der Waals surface area contributed by atoms with Crippen LogP contribution < -0.4 is 11.2 Å². The van der Waals surface area contributed by atoms with Crippen molar-refractivity contribution in [2.45, 2.75) is 38.4 Å². The lowest BCUT2D eigenvalue weighted by molar-refractivity contribution is 0.810. The third-order valence-corrected chi connectivity index (χ3v) is 5.31. The van der Waals surface area contributed by atoms with Crippen molar-refractivity contribution in [3.8, 4) is 0 Å². The lowest BCUT2D eigenvalue weighted by Gasteiger charge is -2.15. The molecule has 0 bridgehead atoms. The maximum atomic E-state index is 11.4. The smallest absolute Gasteiger partial charge is 0.314 e. The second-order valence-electron chi connectivity index (χ2n) is 4.72. The highest BCUT2D eigenvalue weighted by atomic mass is 33.1. The fourth-order valence-corrected chi connectivity index (χ4v) is 3.53. The molecule has 0 unspecified atom stereocenters. The Labute approximate surface area is 108 Å². The highest BCUT2D eigenvalue weighted by molar-refractivity contribution is 8.77. The van der Waals surface area contributed by atoms with Gasteiger partial charge in [-0.1, -0.05) is 42.4 Å². The average molecular weight is 274 g/mol. The van der Waals surface area contributed by atoms with Crippen LogP contribution in [0.5, 0.6) is 0 Å². The van der Waals surface area contributed by atoms with Crippen LogP contribution in [0.4, 0.5) is 0 Å². The van der Waals surface area contributed by atoms with Crippen LogP contribution >= 0.6 is 21.6 Å². The summed E-state index contributed by atoms with van der Waals surface area (Å²) in [5.74, 6) is 1.00. The Morgan fingerprint density at radius 3 is 2.59 bits per heavy atom. The van der Waals surface area contributed by atoms with E-state index in [4.69, 9.17) is 0 Å². The van der Waals surface area contributed by atoms with Gasteiger partial charge < -0.3 is 4.98 Å². The molecule has 0 atom stereocenters. The van der Waals surface area contributed by atoms with Crippen molar-refractivity contribution in [3.63, 3.8) is 0 Å². The molecule has 0 fully saturated rings. The lowest BCUT2D eigenvalue weighted by atomic mass is 10.2. The van der Waals surface area contributed by atoms with Crippen molar-refractivity contribution in [2.24, 2.45) is 0 Å². The molecule has 0 spiro atoms. The molecule has 1 rings (SSSR count). The summed E-state index contributed by atoms with van der Waals surface area (Å²) in [7, 11) is 3.67. The predicted molar refractivity (Wildman–Crippen MR) is 75.8 cm³/mol. The summed E-state index contributed by atoms with van der Waals surface area (Å²) in [5, 5.41) is 0. The molecule has 6 heteroatoms. The van der Waals surface area contributed by atoms with Crippen molar-refractivity contribution in [1.82, 2.24) is 9.97 Å². The van der Waals surface area contributed by atoms with Crippen LogP contribution in [-0.4, -0.2) is 20.5 Å². The first-order valence-electron chi connectivity index (χ1n) is 5.50. The Bertz CT molecular complexity index is 460. The largest absolute Gasteiger partial charge is 0.325 e. The van der Waals surface area contributed by atoms with Gasteiger partial charge in [0.1, 0.15) is 0 Å². The highest BCUT2D eigenvalue weighted by Gasteiger charge is 2.10. The molecule has 0 saturated carbocycles. The highest BCUT2D eigenvalue weighted by Crippen LogP contribution is 2.35. The summed E-state index contributed by atoms with van der Waals surface area (Å²) in [5.41, 5.74) is -0.0791. The van der Waals surface area contributed by atoms with Crippen molar-refractivity contribution in [3.05, 3.63) is 32.6 Å². The Morgan fingerprint density at radius 1 is 1.29 bits per heavy atom. The van der Waals surface area contributed by atoms with Gasteiger partial charge in [-0.05, 0) is 12.8 Å². The van der Waals surface area contributed by atoms with Crippen molar-refractivity contribution in [2.75, 3.05) is 5.75 Å². The predicted octanol–water partition coefficient (Wildman–Crippen LogP) is 2.18. The summed E-state index contributed by atoms with van der Waals surface area (Å²) >= 11 is 0. The Hall–Kier alpha value is -0.620. The zero-order valence-electron chi connectivity index (χ0n) is 10.3. The first kappa shape index (κ1) is 14.4. The van der Waals surface area contributed by atoms with Gasteiger partial charge in [0, 0.05) is 22.3 Å². The van der Waals surface area contributed by atoms with Gasteiger partial charge in [-0.3, -0.25) is 9.78 Å². The number of H-pyrrole nitrogens is 2. The Kier molecular flexibility index (Phi) is 5.39. The first-order chi connectivity index (χ1) is 7.88. The summed E-state index contributed by atoms with van der Waals surface area (Å²) in [6, 6.07) is 0. The molecule has 96 valence electrons. The summed E-state index contributed by atoms with van der Waals surface area (Å²) < 4.78 is 0.264. The number of aryl methyl sites for hydroxylation is 1. The van der Waals surface area contributed by atoms with E-state index in [9.17, 15) is 9.59 Å². The van der Waals surface area contributed by atoms with Crippen LogP contribution in [0, 0.1) is 0 Å². The molecule has 0 aliphatic heterocycles. The summed E-state index contributed by atoms with van der Waals surface area (Å²) in [4.78, 5) is 26.9. The minimum Gasteiger partial charge on any atom is -0.314 e. The fraction of sp³-hybridized carbons (Fsp3) is 0.636. The number of nitrogens with one attached hydrogen (secondary N) is 2. The van der Waals surface area contributed by atoms with E-state index in [2.05, 4.69) is 30.7 Å². The van der Waals surface area contributed by atoms with E-state index in [1.165, 1.54) is 6.20 Å². The molecule has 0 radical (unpaired) electrons. The number of aromatic amines is 2. The minimum atomic E-state index is -0.448. The van der Waals surface area contributed by atoms with Gasteiger partial charge in [-0.15, -0.1) is 0 Å². The third-order valence-electron chi connectivity index (χ3n) is 1.88. The van der Waals surface area contributed by atoms with Crippen LogP contribution in [0.15, 0.2) is 15.8 Å². The van der Waals surface area contributed by atoms with Gasteiger partial charge in [0.15, 0.2) is 0 Å². The minimum absolute atomic E-state index is 0.264. The number of hydrogen-bond donors (Lipinski definition) is 2. The van der Waals surface area contributed by atoms with Crippen molar-refractivity contribution in [1.29, 1.82) is 0 Å². The molecule has 1 heterocycles. The number of rotatable bonds is 5. The number of aromatic nitrogens is 2. The van der Waals surface area contributed by atoms with Crippen LogP contribution in [-0.2, 0) is 6.42 Å². The molecule has 1 aromatic rings. The molecule has 0 aromatic carbocycles. The molecule has 0 aliphatic rings. The monoisotopic (exact) mass is 274 g/mol. The molecule has 17 heavy (non-hydrogen) atoms. The molecule has 4 nitrogen and oxygen atoms in total. The van der Waals surface area contributed by atoms with Crippen molar-refractivity contribution >= 4 is 21.6 Å². The SMILES string of the molecule is CC(C)(C)SSCCCc1c[nH]c(=O)[nH]c1=O. The van der Waals surface area contributed by atoms with E-state index in [0.29, 0.717) is 12.0 Å². The topological polar surface area (TPSA) is 65.7 Å². The number of hydrogen-bond acceptors (Lipinski definition) is 4. The summed E-state index contributed by atoms with van der Waals surface area (Å²) in [6.45, 7) is 6.53. The van der Waals surface area contributed by atoms with E-state index in [1.807, 2.05) is 21.6 Å². The average Bonchev–Trinajstić information content (AvgIpc) is 2.18. The Morgan fingerprint density at radius 2 is 2.00 bits per heavy atom. The van der Waals surface area contributed by atoms with Gasteiger partial charge in [-0.25, -0.2) is 4.79 Å². The molecule has 0 saturated heterocycles. The molecule has 0 aliphatic carbocycles. The Balaban J connectivity index is 2.32. The standard InChI is InChI=1S/C11H18N2O2S2/c1-11(2,3)17-16-6-4-5-8-7-12-10(15)13-9(8)14/h7H,4-6H2,1-3H3,(H2,12,13,14,15).